The van der Waals surface area contributed by atoms with Gasteiger partial charge in [0.25, 0.3) is 0 Å². The molecule has 0 unspecified atom stereocenters. The predicted octanol–water partition coefficient (Wildman–Crippen LogP) is 0.271. The molecule has 100 valence electrons. The molecule has 0 fully saturated rings. The highest BCUT2D eigenvalue weighted by Gasteiger charge is 2.09. The SMILES string of the molecule is CC(C)NCC(=O)Nc1cccc(S(N)(=O)=O)c1. The molecular weight excluding hydrogens is 254 g/mol. The monoisotopic (exact) mass is 271 g/mol. The van der Waals surface area contributed by atoms with Crippen LogP contribution >= 0.6 is 0 Å². The highest BCUT2D eigenvalue weighted by molar-refractivity contribution is 7.89. The maximum atomic E-state index is 11.5. The van der Waals surface area contributed by atoms with E-state index in [1.54, 1.807) is 6.07 Å². The van der Waals surface area contributed by atoms with E-state index in [4.69, 9.17) is 5.14 Å². The van der Waals surface area contributed by atoms with Crippen molar-refractivity contribution in [3.05, 3.63) is 24.3 Å². The van der Waals surface area contributed by atoms with Gasteiger partial charge in [-0.3, -0.25) is 4.79 Å². The zero-order valence-electron chi connectivity index (χ0n) is 10.3. The zero-order chi connectivity index (χ0) is 13.8. The molecule has 0 heterocycles. The molecule has 0 aliphatic rings. The Kier molecular flexibility index (Phi) is 4.83. The molecule has 0 bridgehead atoms. The largest absolute Gasteiger partial charge is 0.325 e. The highest BCUT2D eigenvalue weighted by Crippen LogP contribution is 2.13. The van der Waals surface area contributed by atoms with Crippen molar-refractivity contribution in [2.45, 2.75) is 24.8 Å². The number of carbonyl (C=O) groups excluding carboxylic acids is 1. The van der Waals surface area contributed by atoms with Crippen LogP contribution < -0.4 is 15.8 Å². The molecule has 18 heavy (non-hydrogen) atoms. The molecule has 0 aromatic heterocycles. The molecule has 4 N–H and O–H groups in total. The zero-order valence-corrected chi connectivity index (χ0v) is 11.1. The van der Waals surface area contributed by atoms with Crippen LogP contribution in [0.25, 0.3) is 0 Å². The van der Waals surface area contributed by atoms with Crippen LogP contribution in [0.1, 0.15) is 13.8 Å². The minimum Gasteiger partial charge on any atom is -0.325 e. The number of primary sulfonamides is 1. The number of anilines is 1. The summed E-state index contributed by atoms with van der Waals surface area (Å²) >= 11 is 0. The van der Waals surface area contributed by atoms with Crippen LogP contribution in [0.5, 0.6) is 0 Å². The lowest BCUT2D eigenvalue weighted by Gasteiger charge is -2.09. The van der Waals surface area contributed by atoms with E-state index in [0.717, 1.165) is 0 Å². The molecule has 1 aromatic carbocycles. The summed E-state index contributed by atoms with van der Waals surface area (Å²) in [4.78, 5) is 11.5. The fraction of sp³-hybridized carbons (Fsp3) is 0.364. The van der Waals surface area contributed by atoms with Crippen molar-refractivity contribution in [2.24, 2.45) is 5.14 Å². The van der Waals surface area contributed by atoms with Crippen molar-refractivity contribution in [3.63, 3.8) is 0 Å². The Morgan fingerprint density at radius 3 is 2.61 bits per heavy atom. The van der Waals surface area contributed by atoms with Crippen LogP contribution in [0.2, 0.25) is 0 Å². The van der Waals surface area contributed by atoms with Gasteiger partial charge >= 0.3 is 0 Å². The Bertz CT molecular complexity index is 526. The molecule has 1 rings (SSSR count). The number of sulfonamides is 1. The number of nitrogens with one attached hydrogen (secondary N) is 2. The predicted molar refractivity (Wildman–Crippen MR) is 69.6 cm³/mol. The van der Waals surface area contributed by atoms with Crippen molar-refractivity contribution in [1.29, 1.82) is 0 Å². The number of hydrogen-bond acceptors (Lipinski definition) is 4. The van der Waals surface area contributed by atoms with Crippen molar-refractivity contribution in [1.82, 2.24) is 5.32 Å². The third kappa shape index (κ3) is 4.82. The van der Waals surface area contributed by atoms with Gasteiger partial charge in [0, 0.05) is 11.7 Å². The molecule has 1 aromatic rings. The van der Waals surface area contributed by atoms with E-state index in [0.29, 0.717) is 5.69 Å². The van der Waals surface area contributed by atoms with Crippen LogP contribution in [0.4, 0.5) is 5.69 Å². The van der Waals surface area contributed by atoms with Gasteiger partial charge in [0.05, 0.1) is 11.4 Å². The second-order valence-corrected chi connectivity index (χ2v) is 5.72. The Labute approximate surface area is 107 Å². The lowest BCUT2D eigenvalue weighted by Crippen LogP contribution is -2.32. The third-order valence-corrected chi connectivity index (χ3v) is 3.03. The topological polar surface area (TPSA) is 101 Å². The van der Waals surface area contributed by atoms with Gasteiger partial charge in [0.2, 0.25) is 15.9 Å². The average molecular weight is 271 g/mol. The van der Waals surface area contributed by atoms with E-state index in [9.17, 15) is 13.2 Å². The van der Waals surface area contributed by atoms with E-state index in [2.05, 4.69) is 10.6 Å². The maximum absolute atomic E-state index is 11.5. The number of benzene rings is 1. The first-order chi connectivity index (χ1) is 8.29. The molecular formula is C11H17N3O3S. The fourth-order valence-corrected chi connectivity index (χ4v) is 1.81. The van der Waals surface area contributed by atoms with E-state index in [-0.39, 0.29) is 23.4 Å². The molecule has 0 atom stereocenters. The highest BCUT2D eigenvalue weighted by atomic mass is 32.2. The molecule has 1 amide bonds. The van der Waals surface area contributed by atoms with Gasteiger partial charge < -0.3 is 10.6 Å². The van der Waals surface area contributed by atoms with Crippen LogP contribution in [0, 0.1) is 0 Å². The molecule has 0 aliphatic heterocycles. The Morgan fingerprint density at radius 1 is 1.39 bits per heavy atom. The molecule has 6 nitrogen and oxygen atoms in total. The van der Waals surface area contributed by atoms with Crippen LogP contribution in [0.3, 0.4) is 0 Å². The Hall–Kier alpha value is -1.44. The van der Waals surface area contributed by atoms with E-state index in [1.165, 1.54) is 18.2 Å². The first-order valence-corrected chi connectivity index (χ1v) is 7.00. The maximum Gasteiger partial charge on any atom is 0.238 e. The average Bonchev–Trinajstić information content (AvgIpc) is 2.25. The van der Waals surface area contributed by atoms with E-state index < -0.39 is 10.0 Å². The first kappa shape index (κ1) is 14.6. The lowest BCUT2D eigenvalue weighted by molar-refractivity contribution is -0.115. The summed E-state index contributed by atoms with van der Waals surface area (Å²) < 4.78 is 22.3. The summed E-state index contributed by atoms with van der Waals surface area (Å²) in [6.07, 6.45) is 0. The quantitative estimate of drug-likeness (QED) is 0.715. The van der Waals surface area contributed by atoms with Crippen molar-refractivity contribution >= 4 is 21.6 Å². The van der Waals surface area contributed by atoms with Crippen LogP contribution in [-0.2, 0) is 14.8 Å². The molecule has 7 heteroatoms. The van der Waals surface area contributed by atoms with Crippen LogP contribution in [-0.4, -0.2) is 26.9 Å². The summed E-state index contributed by atoms with van der Waals surface area (Å²) in [6, 6.07) is 6.01. The summed E-state index contributed by atoms with van der Waals surface area (Å²) in [6.45, 7) is 4.01. The second kappa shape index (κ2) is 5.94. The van der Waals surface area contributed by atoms with Gasteiger partial charge in [0.15, 0.2) is 0 Å². The number of amides is 1. The lowest BCUT2D eigenvalue weighted by atomic mass is 10.3. The Balaban J connectivity index is 2.71. The van der Waals surface area contributed by atoms with Gasteiger partial charge in [-0.05, 0) is 18.2 Å². The standard InChI is InChI=1S/C11H17N3O3S/c1-8(2)13-7-11(15)14-9-4-3-5-10(6-9)18(12,16)17/h3-6,8,13H,7H2,1-2H3,(H,14,15)(H2,12,16,17). The number of nitrogens with two attached hydrogens (primary N) is 1. The summed E-state index contributed by atoms with van der Waals surface area (Å²) in [5, 5.41) is 10.5. The van der Waals surface area contributed by atoms with Gasteiger partial charge in [-0.25, -0.2) is 13.6 Å². The normalized spacial score (nSPS) is 11.6. The fourth-order valence-electron chi connectivity index (χ4n) is 1.25. The van der Waals surface area contributed by atoms with Gasteiger partial charge in [-0.1, -0.05) is 19.9 Å². The summed E-state index contributed by atoms with van der Waals surface area (Å²) in [7, 11) is -3.75. The van der Waals surface area contributed by atoms with Crippen molar-refractivity contribution in [2.75, 3.05) is 11.9 Å². The third-order valence-electron chi connectivity index (χ3n) is 2.12. The number of hydrogen-bond donors (Lipinski definition) is 3. The molecule has 0 saturated carbocycles. The van der Waals surface area contributed by atoms with Crippen LogP contribution in [0.15, 0.2) is 29.2 Å². The minimum atomic E-state index is -3.75. The van der Waals surface area contributed by atoms with Crippen molar-refractivity contribution in [3.8, 4) is 0 Å². The van der Waals surface area contributed by atoms with Gasteiger partial charge in [-0.2, -0.15) is 0 Å². The van der Waals surface area contributed by atoms with Gasteiger partial charge in [-0.15, -0.1) is 0 Å². The molecule has 0 saturated heterocycles. The molecule has 0 spiro atoms. The Morgan fingerprint density at radius 2 is 2.06 bits per heavy atom. The molecule has 0 aliphatic carbocycles. The second-order valence-electron chi connectivity index (χ2n) is 4.16. The minimum absolute atomic E-state index is 0.0304. The van der Waals surface area contributed by atoms with E-state index >= 15 is 0 Å². The number of rotatable bonds is 5. The van der Waals surface area contributed by atoms with E-state index in [1.807, 2.05) is 13.8 Å². The number of carbonyl (C=O) groups is 1. The first-order valence-electron chi connectivity index (χ1n) is 5.45. The summed E-state index contributed by atoms with van der Waals surface area (Å²) in [5.41, 5.74) is 0.400. The molecule has 0 radical (unpaired) electrons. The smallest absolute Gasteiger partial charge is 0.238 e. The van der Waals surface area contributed by atoms with Crippen molar-refractivity contribution < 1.29 is 13.2 Å². The summed E-state index contributed by atoms with van der Waals surface area (Å²) in [5.74, 6) is -0.240. The van der Waals surface area contributed by atoms with Gasteiger partial charge in [0.1, 0.15) is 0 Å².